The second-order valence-corrected chi connectivity index (χ2v) is 14.7. The molecule has 0 aromatic heterocycles. The minimum Gasteiger partial charge on any atom is -0.456 e. The van der Waals surface area contributed by atoms with Crippen molar-refractivity contribution in [1.29, 1.82) is 0 Å². The molecule has 1 heteroatoms. The summed E-state index contributed by atoms with van der Waals surface area (Å²) in [5.41, 5.74) is 17.3. The van der Waals surface area contributed by atoms with Crippen molar-refractivity contribution < 1.29 is 4.74 Å². The van der Waals surface area contributed by atoms with E-state index in [2.05, 4.69) is 188 Å². The Hall–Kier alpha value is -7.22. The molecule has 0 spiro atoms. The lowest BCUT2D eigenvalue weighted by atomic mass is 9.81. The lowest BCUT2D eigenvalue weighted by Gasteiger charge is -2.23. The molecule has 0 saturated carbocycles. The van der Waals surface area contributed by atoms with Gasteiger partial charge in [0.25, 0.3) is 0 Å². The number of hydrogen-bond donors (Lipinski definition) is 0. The van der Waals surface area contributed by atoms with E-state index in [0.717, 1.165) is 22.4 Å². The van der Waals surface area contributed by atoms with Gasteiger partial charge in [0.05, 0.1) is 0 Å². The predicted octanol–water partition coefficient (Wildman–Crippen LogP) is 15.2. The van der Waals surface area contributed by atoms with Gasteiger partial charge >= 0.3 is 0 Å². The standard InChI is InChI=1S/C54H32O/c1-3-14-33(15-4-1)36-30-37(39-28-29-48-52-41(39)23-13-24-42(52)40-20-9-10-27-47(40)55-48)32-38(31-36)51-44-22-8-7-21-43(44)50(35-16-5-2-6-17-35)53-45-25-11-18-34-19-12-26-46(49(34)45)54(51)53/h1-32H. The van der Waals surface area contributed by atoms with Gasteiger partial charge in [-0.1, -0.05) is 164 Å². The number of rotatable bonds is 4. The van der Waals surface area contributed by atoms with Crippen LogP contribution in [-0.2, 0) is 0 Å². The molecule has 0 atom stereocenters. The Balaban J connectivity index is 1.21. The summed E-state index contributed by atoms with van der Waals surface area (Å²) in [5.74, 6) is 1.80. The fourth-order valence-electron chi connectivity index (χ4n) is 9.50. The van der Waals surface area contributed by atoms with Gasteiger partial charge in [0.15, 0.2) is 0 Å². The second kappa shape index (κ2) is 11.6. The van der Waals surface area contributed by atoms with Crippen LogP contribution in [0.15, 0.2) is 194 Å². The molecule has 1 nitrogen and oxygen atoms in total. The van der Waals surface area contributed by atoms with Crippen molar-refractivity contribution in [2.45, 2.75) is 0 Å². The number of fused-ring (bicyclic) bond motifs is 6. The fourth-order valence-corrected chi connectivity index (χ4v) is 9.50. The summed E-state index contributed by atoms with van der Waals surface area (Å²) in [6.45, 7) is 0. The first-order valence-electron chi connectivity index (χ1n) is 19.0. The van der Waals surface area contributed by atoms with E-state index in [0.29, 0.717) is 0 Å². The van der Waals surface area contributed by atoms with Crippen LogP contribution in [0.2, 0.25) is 0 Å². The molecule has 0 saturated heterocycles. The average Bonchev–Trinajstić information content (AvgIpc) is 3.58. The van der Waals surface area contributed by atoms with E-state index in [9.17, 15) is 0 Å². The van der Waals surface area contributed by atoms with Crippen molar-refractivity contribution >= 4 is 32.3 Å². The summed E-state index contributed by atoms with van der Waals surface area (Å²) < 4.78 is 6.53. The maximum absolute atomic E-state index is 6.53. The lowest BCUT2D eigenvalue weighted by Crippen LogP contribution is -1.98. The van der Waals surface area contributed by atoms with E-state index in [1.807, 2.05) is 6.07 Å². The Morgan fingerprint density at radius 2 is 0.800 bits per heavy atom. The topological polar surface area (TPSA) is 9.23 Å². The van der Waals surface area contributed by atoms with Crippen LogP contribution >= 0.6 is 0 Å². The van der Waals surface area contributed by atoms with E-state index in [1.165, 1.54) is 99.3 Å². The van der Waals surface area contributed by atoms with Crippen molar-refractivity contribution in [3.8, 4) is 89.4 Å². The molecule has 1 heterocycles. The highest BCUT2D eigenvalue weighted by atomic mass is 16.5. The number of benzene rings is 10. The Labute approximate surface area is 319 Å². The van der Waals surface area contributed by atoms with E-state index >= 15 is 0 Å². The summed E-state index contributed by atoms with van der Waals surface area (Å²) in [6.07, 6.45) is 0. The first-order chi connectivity index (χ1) is 27.3. The molecule has 1 aliphatic carbocycles. The summed E-state index contributed by atoms with van der Waals surface area (Å²) in [6, 6.07) is 71.1. The molecular weight excluding hydrogens is 665 g/mol. The molecule has 0 N–H and O–H groups in total. The molecule has 0 amide bonds. The Morgan fingerprint density at radius 3 is 1.55 bits per heavy atom. The highest BCUT2D eigenvalue weighted by Gasteiger charge is 2.31. The third kappa shape index (κ3) is 4.41. The third-order valence-electron chi connectivity index (χ3n) is 11.8. The van der Waals surface area contributed by atoms with Crippen LogP contribution in [0.25, 0.3) is 110 Å². The molecule has 254 valence electrons. The third-order valence-corrected chi connectivity index (χ3v) is 11.8. The van der Waals surface area contributed by atoms with Crippen LogP contribution in [0.5, 0.6) is 11.5 Å². The Bertz CT molecular complexity index is 3200. The van der Waals surface area contributed by atoms with Crippen molar-refractivity contribution in [3.05, 3.63) is 194 Å². The number of ether oxygens (including phenoxy) is 1. The summed E-state index contributed by atoms with van der Waals surface area (Å²) in [4.78, 5) is 0. The SMILES string of the molecule is c1ccc(-c2cc(-c3c4c(c(-c5ccccc5)c5ccccc35)-c3cccc5cccc-4c35)cc(-c3ccc4c5c(cccc35)-c3ccccc3O4)c2)cc1. The van der Waals surface area contributed by atoms with Crippen LogP contribution in [0, 0.1) is 0 Å². The maximum Gasteiger partial charge on any atom is 0.135 e. The number of hydrogen-bond acceptors (Lipinski definition) is 1. The minimum absolute atomic E-state index is 0.902. The van der Waals surface area contributed by atoms with Crippen LogP contribution in [0.4, 0.5) is 0 Å². The molecule has 0 radical (unpaired) electrons. The van der Waals surface area contributed by atoms with E-state index in [1.54, 1.807) is 0 Å². The van der Waals surface area contributed by atoms with Gasteiger partial charge in [-0.25, -0.2) is 0 Å². The molecule has 10 aromatic rings. The quantitative estimate of drug-likeness (QED) is 0.178. The molecule has 2 aliphatic rings. The largest absolute Gasteiger partial charge is 0.456 e. The van der Waals surface area contributed by atoms with Gasteiger partial charge in [-0.15, -0.1) is 0 Å². The average molecular weight is 697 g/mol. The second-order valence-electron chi connectivity index (χ2n) is 14.7. The zero-order valence-corrected chi connectivity index (χ0v) is 29.9. The first-order valence-corrected chi connectivity index (χ1v) is 19.0. The highest BCUT2D eigenvalue weighted by molar-refractivity contribution is 6.27. The molecule has 10 aromatic carbocycles. The van der Waals surface area contributed by atoms with Gasteiger partial charge in [0.2, 0.25) is 0 Å². The summed E-state index contributed by atoms with van der Waals surface area (Å²) in [7, 11) is 0. The van der Waals surface area contributed by atoms with Gasteiger partial charge in [-0.2, -0.15) is 0 Å². The molecule has 0 unspecified atom stereocenters. The minimum atomic E-state index is 0.902. The maximum atomic E-state index is 6.53. The van der Waals surface area contributed by atoms with Gasteiger partial charge < -0.3 is 4.74 Å². The monoisotopic (exact) mass is 696 g/mol. The van der Waals surface area contributed by atoms with Gasteiger partial charge in [0.1, 0.15) is 11.5 Å². The van der Waals surface area contributed by atoms with E-state index < -0.39 is 0 Å². The fraction of sp³-hybridized carbons (Fsp3) is 0. The Kier molecular flexibility index (Phi) is 6.40. The van der Waals surface area contributed by atoms with Crippen LogP contribution in [-0.4, -0.2) is 0 Å². The molecule has 1 aliphatic heterocycles. The van der Waals surface area contributed by atoms with Gasteiger partial charge in [0, 0.05) is 10.9 Å². The summed E-state index contributed by atoms with van der Waals surface area (Å²) in [5, 5.41) is 7.46. The summed E-state index contributed by atoms with van der Waals surface area (Å²) >= 11 is 0. The van der Waals surface area contributed by atoms with Crippen LogP contribution in [0.3, 0.4) is 0 Å². The van der Waals surface area contributed by atoms with Crippen molar-refractivity contribution in [3.63, 3.8) is 0 Å². The zero-order chi connectivity index (χ0) is 36.0. The van der Waals surface area contributed by atoms with Crippen LogP contribution < -0.4 is 4.74 Å². The zero-order valence-electron chi connectivity index (χ0n) is 29.9. The van der Waals surface area contributed by atoms with Crippen molar-refractivity contribution in [2.24, 2.45) is 0 Å². The van der Waals surface area contributed by atoms with Crippen molar-refractivity contribution in [2.75, 3.05) is 0 Å². The van der Waals surface area contributed by atoms with E-state index in [4.69, 9.17) is 4.74 Å². The van der Waals surface area contributed by atoms with E-state index in [-0.39, 0.29) is 0 Å². The molecule has 12 rings (SSSR count). The predicted molar refractivity (Wildman–Crippen MR) is 231 cm³/mol. The van der Waals surface area contributed by atoms with Gasteiger partial charge in [-0.05, 0) is 130 Å². The van der Waals surface area contributed by atoms with Crippen LogP contribution in [0.1, 0.15) is 0 Å². The molecule has 0 fully saturated rings. The lowest BCUT2D eigenvalue weighted by molar-refractivity contribution is 0.487. The number of para-hydroxylation sites is 1. The molecule has 55 heavy (non-hydrogen) atoms. The van der Waals surface area contributed by atoms with Gasteiger partial charge in [-0.3, -0.25) is 0 Å². The van der Waals surface area contributed by atoms with Crippen molar-refractivity contribution in [1.82, 2.24) is 0 Å². The molecular formula is C54H32O. The highest BCUT2D eigenvalue weighted by Crippen LogP contribution is 2.58. The smallest absolute Gasteiger partial charge is 0.135 e. The first kappa shape index (κ1) is 30.3. The Morgan fingerprint density at radius 1 is 0.255 bits per heavy atom. The normalized spacial score (nSPS) is 12.1. The molecule has 0 bridgehead atoms.